The van der Waals surface area contributed by atoms with Gasteiger partial charge >= 0.3 is 0 Å². The van der Waals surface area contributed by atoms with Crippen LogP contribution in [-0.4, -0.2) is 39.4 Å². The number of likely N-dealkylation sites (tertiary alicyclic amines) is 1. The Hall–Kier alpha value is -0.760. The van der Waals surface area contributed by atoms with Crippen molar-refractivity contribution in [3.63, 3.8) is 0 Å². The molecule has 0 bridgehead atoms. The third-order valence-corrected chi connectivity index (χ3v) is 5.17. The number of hydrogen-bond acceptors (Lipinski definition) is 6. The number of piperidine rings is 1. The third-order valence-electron chi connectivity index (χ3n) is 3.55. The fraction of sp³-hybridized carbons (Fsp3) is 0.538. The van der Waals surface area contributed by atoms with Crippen LogP contribution in [0.1, 0.15) is 19.2 Å². The second-order valence-electron chi connectivity index (χ2n) is 5.17. The van der Waals surface area contributed by atoms with Crippen LogP contribution in [0.3, 0.4) is 0 Å². The summed E-state index contributed by atoms with van der Waals surface area (Å²) in [7, 11) is 0. The van der Waals surface area contributed by atoms with E-state index in [9.17, 15) is 5.11 Å². The average Bonchev–Trinajstić information content (AvgIpc) is 3.03. The van der Waals surface area contributed by atoms with Gasteiger partial charge < -0.3 is 9.52 Å². The monoisotopic (exact) mass is 357 g/mol. The first-order chi connectivity index (χ1) is 9.61. The smallest absolute Gasteiger partial charge is 0.257 e. The van der Waals surface area contributed by atoms with Crippen LogP contribution in [0.4, 0.5) is 0 Å². The SMILES string of the molecule is CC1CN(Cc2nnc(-c3ccc(Br)s3)o2)CCC1O. The second-order valence-corrected chi connectivity index (χ2v) is 7.64. The zero-order valence-electron chi connectivity index (χ0n) is 11.1. The van der Waals surface area contributed by atoms with Crippen LogP contribution in [0.25, 0.3) is 10.8 Å². The van der Waals surface area contributed by atoms with Gasteiger partial charge in [-0.25, -0.2) is 0 Å². The van der Waals surface area contributed by atoms with Gasteiger partial charge in [0, 0.05) is 13.1 Å². The van der Waals surface area contributed by atoms with Gasteiger partial charge in [0.25, 0.3) is 5.89 Å². The molecule has 1 N–H and O–H groups in total. The molecule has 5 nitrogen and oxygen atoms in total. The van der Waals surface area contributed by atoms with Crippen molar-refractivity contribution in [1.29, 1.82) is 0 Å². The van der Waals surface area contributed by atoms with Crippen molar-refractivity contribution in [2.45, 2.75) is 26.0 Å². The van der Waals surface area contributed by atoms with E-state index in [4.69, 9.17) is 4.42 Å². The lowest BCUT2D eigenvalue weighted by Gasteiger charge is -2.33. The highest BCUT2D eigenvalue weighted by molar-refractivity contribution is 9.11. The molecular formula is C13H16BrN3O2S. The van der Waals surface area contributed by atoms with Crippen molar-refractivity contribution in [1.82, 2.24) is 15.1 Å². The molecule has 1 fully saturated rings. The predicted molar refractivity (Wildman–Crippen MR) is 80.4 cm³/mol. The summed E-state index contributed by atoms with van der Waals surface area (Å²) < 4.78 is 6.76. The summed E-state index contributed by atoms with van der Waals surface area (Å²) in [5.41, 5.74) is 0. The minimum Gasteiger partial charge on any atom is -0.419 e. The molecule has 108 valence electrons. The normalized spacial score (nSPS) is 24.1. The zero-order chi connectivity index (χ0) is 14.1. The Morgan fingerprint density at radius 3 is 3.05 bits per heavy atom. The van der Waals surface area contributed by atoms with Gasteiger partial charge in [0.05, 0.1) is 21.3 Å². The average molecular weight is 358 g/mol. The molecular weight excluding hydrogens is 342 g/mol. The highest BCUT2D eigenvalue weighted by Crippen LogP contribution is 2.30. The molecule has 0 aromatic carbocycles. The summed E-state index contributed by atoms with van der Waals surface area (Å²) in [4.78, 5) is 3.22. The second kappa shape index (κ2) is 5.93. The Kier molecular flexibility index (Phi) is 4.21. The molecule has 2 aromatic heterocycles. The van der Waals surface area contributed by atoms with Gasteiger partial charge in [-0.05, 0) is 40.4 Å². The highest BCUT2D eigenvalue weighted by Gasteiger charge is 2.25. The summed E-state index contributed by atoms with van der Waals surface area (Å²) in [6.45, 7) is 4.45. The fourth-order valence-electron chi connectivity index (χ4n) is 2.40. The van der Waals surface area contributed by atoms with Crippen LogP contribution in [0.15, 0.2) is 20.3 Å². The minimum absolute atomic E-state index is 0.187. The molecule has 0 radical (unpaired) electrons. The molecule has 1 saturated heterocycles. The van der Waals surface area contributed by atoms with Gasteiger partial charge in [-0.3, -0.25) is 4.90 Å². The Labute approximate surface area is 129 Å². The number of nitrogens with zero attached hydrogens (tertiary/aromatic N) is 3. The van der Waals surface area contributed by atoms with E-state index in [1.54, 1.807) is 11.3 Å². The summed E-state index contributed by atoms with van der Waals surface area (Å²) >= 11 is 5.00. The fourth-order valence-corrected chi connectivity index (χ4v) is 3.71. The van der Waals surface area contributed by atoms with E-state index in [1.807, 2.05) is 12.1 Å². The Balaban J connectivity index is 1.66. The lowest BCUT2D eigenvalue weighted by atomic mass is 9.97. The molecule has 0 aliphatic carbocycles. The zero-order valence-corrected chi connectivity index (χ0v) is 13.5. The molecule has 0 spiro atoms. The van der Waals surface area contributed by atoms with E-state index in [0.717, 1.165) is 28.2 Å². The van der Waals surface area contributed by atoms with Gasteiger partial charge in [-0.15, -0.1) is 21.5 Å². The minimum atomic E-state index is -0.187. The summed E-state index contributed by atoms with van der Waals surface area (Å²) in [6.07, 6.45) is 0.619. The number of aliphatic hydroxyl groups excluding tert-OH is 1. The molecule has 3 heterocycles. The van der Waals surface area contributed by atoms with Gasteiger partial charge in [0.1, 0.15) is 0 Å². The van der Waals surface area contributed by atoms with E-state index in [-0.39, 0.29) is 6.10 Å². The van der Waals surface area contributed by atoms with Gasteiger partial charge in [-0.1, -0.05) is 6.92 Å². The van der Waals surface area contributed by atoms with Crippen molar-refractivity contribution in [2.24, 2.45) is 5.92 Å². The number of halogens is 1. The van der Waals surface area contributed by atoms with E-state index >= 15 is 0 Å². The number of aliphatic hydroxyl groups is 1. The van der Waals surface area contributed by atoms with Crippen molar-refractivity contribution in [2.75, 3.05) is 13.1 Å². The van der Waals surface area contributed by atoms with Crippen molar-refractivity contribution in [3.8, 4) is 10.8 Å². The molecule has 0 saturated carbocycles. The predicted octanol–water partition coefficient (Wildman–Crippen LogP) is 2.76. The van der Waals surface area contributed by atoms with Crippen molar-refractivity contribution < 1.29 is 9.52 Å². The van der Waals surface area contributed by atoms with Crippen LogP contribution >= 0.6 is 27.3 Å². The quantitative estimate of drug-likeness (QED) is 0.914. The van der Waals surface area contributed by atoms with Crippen LogP contribution in [0.5, 0.6) is 0 Å². The molecule has 2 aromatic rings. The first kappa shape index (κ1) is 14.2. The molecule has 20 heavy (non-hydrogen) atoms. The van der Waals surface area contributed by atoms with Gasteiger partial charge in [-0.2, -0.15) is 0 Å². The summed E-state index contributed by atoms with van der Waals surface area (Å²) in [5.74, 6) is 1.49. The molecule has 1 aliphatic heterocycles. The molecule has 0 amide bonds. The topological polar surface area (TPSA) is 62.4 Å². The molecule has 7 heteroatoms. The van der Waals surface area contributed by atoms with E-state index < -0.39 is 0 Å². The number of hydrogen-bond donors (Lipinski definition) is 1. The first-order valence-corrected chi connectivity index (χ1v) is 8.21. The van der Waals surface area contributed by atoms with Crippen molar-refractivity contribution >= 4 is 27.3 Å². The maximum Gasteiger partial charge on any atom is 0.257 e. The van der Waals surface area contributed by atoms with Crippen LogP contribution in [-0.2, 0) is 6.54 Å². The lowest BCUT2D eigenvalue weighted by molar-refractivity contribution is 0.0290. The number of thiophene rings is 1. The van der Waals surface area contributed by atoms with E-state index in [0.29, 0.717) is 24.2 Å². The molecule has 2 unspecified atom stereocenters. The number of aromatic nitrogens is 2. The Morgan fingerprint density at radius 2 is 2.35 bits per heavy atom. The Morgan fingerprint density at radius 1 is 1.50 bits per heavy atom. The maximum atomic E-state index is 9.74. The van der Waals surface area contributed by atoms with Crippen molar-refractivity contribution in [3.05, 3.63) is 21.8 Å². The van der Waals surface area contributed by atoms with Crippen LogP contribution in [0.2, 0.25) is 0 Å². The van der Waals surface area contributed by atoms with Gasteiger partial charge in [0.15, 0.2) is 0 Å². The largest absolute Gasteiger partial charge is 0.419 e. The number of rotatable bonds is 3. The standard InChI is InChI=1S/C13H16BrN3O2S/c1-8-6-17(5-4-9(8)18)7-12-15-16-13(19-12)10-2-3-11(14)20-10/h2-3,8-9,18H,4-7H2,1H3. The highest BCUT2D eigenvalue weighted by atomic mass is 79.9. The molecule has 1 aliphatic rings. The molecule has 3 rings (SSSR count). The van der Waals surface area contributed by atoms with Crippen LogP contribution in [0, 0.1) is 5.92 Å². The van der Waals surface area contributed by atoms with Crippen LogP contribution < -0.4 is 0 Å². The van der Waals surface area contributed by atoms with E-state index in [2.05, 4.69) is 38.0 Å². The summed E-state index contributed by atoms with van der Waals surface area (Å²) in [5, 5.41) is 17.9. The van der Waals surface area contributed by atoms with E-state index in [1.165, 1.54) is 0 Å². The Bertz CT molecular complexity index is 586. The lowest BCUT2D eigenvalue weighted by Crippen LogP contribution is -2.41. The summed E-state index contributed by atoms with van der Waals surface area (Å²) in [6, 6.07) is 3.93. The third kappa shape index (κ3) is 3.11. The molecule has 2 atom stereocenters. The maximum absolute atomic E-state index is 9.74. The first-order valence-electron chi connectivity index (χ1n) is 6.60. The van der Waals surface area contributed by atoms with Gasteiger partial charge in [0.2, 0.25) is 5.89 Å².